The second kappa shape index (κ2) is 13.5. The van der Waals surface area contributed by atoms with Crippen LogP contribution in [0.15, 0.2) is 15.9 Å². The zero-order valence-electron chi connectivity index (χ0n) is 15.6. The summed E-state index contributed by atoms with van der Waals surface area (Å²) in [6.45, 7) is 4.16. The highest BCUT2D eigenvalue weighted by Gasteiger charge is 2.25. The van der Waals surface area contributed by atoms with Crippen LogP contribution in [0, 0.1) is 23.4 Å². The third-order valence-corrected chi connectivity index (χ3v) is 6.49. The molecule has 2 atom stereocenters. The van der Waals surface area contributed by atoms with E-state index < -0.39 is 38.0 Å². The minimum Gasteiger partial charge on any atom is -0.691 e. The Hall–Kier alpha value is -0.610. The molecule has 0 amide bonds. The minimum atomic E-state index is -2.00. The van der Waals surface area contributed by atoms with Crippen LogP contribution in [0.4, 0.5) is 13.2 Å². The second-order valence-corrected chi connectivity index (χ2v) is 8.58. The fraction of sp³-hybridized carbons (Fsp3) is 0.667. The molecule has 4 nitrogen and oxygen atoms in total. The van der Waals surface area contributed by atoms with E-state index in [1.54, 1.807) is 0 Å². The van der Waals surface area contributed by atoms with Crippen molar-refractivity contribution in [1.82, 2.24) is 0 Å². The van der Waals surface area contributed by atoms with Gasteiger partial charge in [0.2, 0.25) is 0 Å². The van der Waals surface area contributed by atoms with Crippen LogP contribution in [0.25, 0.3) is 0 Å². The van der Waals surface area contributed by atoms with E-state index in [1.807, 2.05) is 6.92 Å². The van der Waals surface area contributed by atoms with E-state index in [2.05, 4.69) is 16.3 Å². The van der Waals surface area contributed by atoms with Gasteiger partial charge in [-0.2, -0.15) is 4.33 Å². The molecule has 27 heavy (non-hydrogen) atoms. The summed E-state index contributed by atoms with van der Waals surface area (Å²) in [4.78, 5) is -1.36. The third-order valence-electron chi connectivity index (χ3n) is 4.28. The monoisotopic (exact) mass is 427 g/mol. The highest BCUT2D eigenvalue weighted by molar-refractivity contribution is 7.94. The second-order valence-electron chi connectivity index (χ2n) is 6.40. The first-order chi connectivity index (χ1) is 13.0. The van der Waals surface area contributed by atoms with Gasteiger partial charge in [-0.3, -0.25) is 9.25 Å². The summed E-state index contributed by atoms with van der Waals surface area (Å²) >= 11 is 0.0478. The molecule has 9 heteroatoms. The van der Waals surface area contributed by atoms with Crippen molar-refractivity contribution in [2.45, 2.75) is 75.0 Å². The van der Waals surface area contributed by atoms with Crippen LogP contribution in [-0.2, 0) is 20.2 Å². The van der Waals surface area contributed by atoms with Crippen LogP contribution in [0.5, 0.6) is 0 Å². The molecule has 0 fully saturated rings. The lowest BCUT2D eigenvalue weighted by Crippen LogP contribution is -2.15. The maximum atomic E-state index is 14.3. The predicted molar refractivity (Wildman–Crippen MR) is 97.4 cm³/mol. The van der Waals surface area contributed by atoms with E-state index in [0.717, 1.165) is 51.4 Å². The van der Waals surface area contributed by atoms with Gasteiger partial charge in [0.15, 0.2) is 11.6 Å². The first-order valence-corrected chi connectivity index (χ1v) is 11.2. The first-order valence-electron chi connectivity index (χ1n) is 9.15. The summed E-state index contributed by atoms with van der Waals surface area (Å²) in [6.07, 6.45) is 7.83. The summed E-state index contributed by atoms with van der Waals surface area (Å²) in [6, 6.07) is 0.650. The lowest BCUT2D eigenvalue weighted by molar-refractivity contribution is -0.777. The molecule has 0 saturated carbocycles. The van der Waals surface area contributed by atoms with Crippen molar-refractivity contribution in [3.63, 3.8) is 0 Å². The molecule has 2 unspecified atom stereocenters. The standard InChI is InChI=1S/C18H27F3O4S2/c1-3-5-7-8-10-13(9-6-4-2)12-27(23)18-14(19)11-15(26-25-24-22)16(20)17(18)21/h11,13,22H,3-10,12H2,1-2H3/p-1. The van der Waals surface area contributed by atoms with Crippen LogP contribution in [-0.4, -0.2) is 9.96 Å². The first kappa shape index (κ1) is 24.4. The summed E-state index contributed by atoms with van der Waals surface area (Å²) in [7, 11) is -2.00. The van der Waals surface area contributed by atoms with Crippen LogP contribution < -0.4 is 5.26 Å². The maximum Gasteiger partial charge on any atom is 0.179 e. The van der Waals surface area contributed by atoms with Crippen LogP contribution in [0.3, 0.4) is 0 Å². The molecule has 1 rings (SSSR count). The van der Waals surface area contributed by atoms with Crippen molar-refractivity contribution < 1.29 is 32.0 Å². The van der Waals surface area contributed by atoms with Gasteiger partial charge in [0.25, 0.3) is 0 Å². The minimum absolute atomic E-state index is 0.0478. The number of rotatable bonds is 14. The zero-order chi connectivity index (χ0) is 20.2. The Balaban J connectivity index is 2.89. The SMILES string of the molecule is CCCCCCC(CCCC)CS(=O)c1c(F)cc(SOO[O-])c(F)c1F. The Labute approximate surface area is 165 Å². The Morgan fingerprint density at radius 2 is 1.74 bits per heavy atom. The quantitative estimate of drug-likeness (QED) is 0.134. The molecule has 1 aromatic rings. The van der Waals surface area contributed by atoms with Gasteiger partial charge in [0, 0.05) is 5.75 Å². The Morgan fingerprint density at radius 1 is 1.07 bits per heavy atom. The van der Waals surface area contributed by atoms with Crippen LogP contribution >= 0.6 is 12.0 Å². The van der Waals surface area contributed by atoms with E-state index in [1.165, 1.54) is 0 Å². The van der Waals surface area contributed by atoms with Gasteiger partial charge < -0.3 is 5.26 Å². The average Bonchev–Trinajstić information content (AvgIpc) is 2.64. The molecule has 0 aliphatic rings. The molecular weight excluding hydrogens is 401 g/mol. The molecule has 0 saturated heterocycles. The van der Waals surface area contributed by atoms with E-state index >= 15 is 0 Å². The Morgan fingerprint density at radius 3 is 2.37 bits per heavy atom. The van der Waals surface area contributed by atoms with Gasteiger partial charge in [-0.05, 0) is 24.8 Å². The molecule has 0 bridgehead atoms. The van der Waals surface area contributed by atoms with Gasteiger partial charge >= 0.3 is 0 Å². The van der Waals surface area contributed by atoms with Gasteiger partial charge in [-0.15, -0.1) is 0 Å². The average molecular weight is 428 g/mol. The van der Waals surface area contributed by atoms with Crippen molar-refractivity contribution in [3.8, 4) is 0 Å². The molecule has 0 aliphatic carbocycles. The fourth-order valence-electron chi connectivity index (χ4n) is 2.84. The molecule has 0 heterocycles. The Bertz CT molecular complexity index is 602. The van der Waals surface area contributed by atoms with E-state index in [-0.39, 0.29) is 23.7 Å². The number of hydrogen-bond acceptors (Lipinski definition) is 5. The van der Waals surface area contributed by atoms with E-state index in [4.69, 9.17) is 0 Å². The van der Waals surface area contributed by atoms with Crippen molar-refractivity contribution >= 4 is 22.8 Å². The lowest BCUT2D eigenvalue weighted by Gasteiger charge is -2.17. The molecule has 1 aromatic carbocycles. The Kier molecular flexibility index (Phi) is 12.3. The van der Waals surface area contributed by atoms with Crippen LogP contribution in [0.2, 0.25) is 0 Å². The number of unbranched alkanes of at least 4 members (excludes halogenated alkanes) is 4. The molecule has 0 radical (unpaired) electrons. The summed E-state index contributed by atoms with van der Waals surface area (Å²) in [5.74, 6) is -3.92. The molecule has 0 aliphatic heterocycles. The number of hydrogen-bond donors (Lipinski definition) is 0. The molecule has 0 N–H and O–H groups in total. The fourth-order valence-corrected chi connectivity index (χ4v) is 4.75. The number of benzene rings is 1. The summed E-state index contributed by atoms with van der Waals surface area (Å²) in [5, 5.41) is 12.8. The van der Waals surface area contributed by atoms with Gasteiger partial charge in [0.05, 0.1) is 27.7 Å². The van der Waals surface area contributed by atoms with Crippen LogP contribution in [0.1, 0.15) is 65.2 Å². The molecule has 0 aromatic heterocycles. The molecule has 0 spiro atoms. The van der Waals surface area contributed by atoms with Crippen molar-refractivity contribution in [2.24, 2.45) is 5.92 Å². The highest BCUT2D eigenvalue weighted by atomic mass is 32.2. The summed E-state index contributed by atoms with van der Waals surface area (Å²) in [5.41, 5.74) is 0. The third kappa shape index (κ3) is 8.11. The van der Waals surface area contributed by atoms with Crippen molar-refractivity contribution in [3.05, 3.63) is 23.5 Å². The normalized spacial score (nSPS) is 13.7. The smallest absolute Gasteiger partial charge is 0.179 e. The van der Waals surface area contributed by atoms with E-state index in [9.17, 15) is 22.6 Å². The van der Waals surface area contributed by atoms with Gasteiger partial charge in [-0.25, -0.2) is 13.2 Å². The van der Waals surface area contributed by atoms with Gasteiger partial charge in [-0.1, -0.05) is 52.4 Å². The number of halogens is 3. The van der Waals surface area contributed by atoms with Crippen molar-refractivity contribution in [2.75, 3.05) is 5.75 Å². The topological polar surface area (TPSA) is 58.6 Å². The van der Waals surface area contributed by atoms with Gasteiger partial charge in [0.1, 0.15) is 10.7 Å². The predicted octanol–water partition coefficient (Wildman–Crippen LogP) is 5.22. The van der Waals surface area contributed by atoms with E-state index in [0.29, 0.717) is 6.07 Å². The lowest BCUT2D eigenvalue weighted by atomic mass is 9.97. The zero-order valence-corrected chi connectivity index (χ0v) is 17.2. The van der Waals surface area contributed by atoms with Crippen molar-refractivity contribution in [1.29, 1.82) is 0 Å². The molecule has 156 valence electrons. The largest absolute Gasteiger partial charge is 0.691 e. The highest BCUT2D eigenvalue weighted by Crippen LogP contribution is 2.31. The summed E-state index contributed by atoms with van der Waals surface area (Å²) < 4.78 is 59.0. The maximum absolute atomic E-state index is 14.3. The molecular formula is C18H26F3O4S2-.